The number of halogens is 2. The van der Waals surface area contributed by atoms with Gasteiger partial charge in [0.05, 0.1) is 11.3 Å². The molecule has 0 atom stereocenters. The van der Waals surface area contributed by atoms with Crippen LogP contribution in [0.15, 0.2) is 71.4 Å². The number of imide groups is 1. The van der Waals surface area contributed by atoms with Gasteiger partial charge >= 0.3 is 5.97 Å². The molecule has 2 amide bonds. The molecule has 0 fully saturated rings. The van der Waals surface area contributed by atoms with Crippen LogP contribution in [0.4, 0.5) is 11.4 Å². The lowest BCUT2D eigenvalue weighted by molar-refractivity contribution is -0.120. The molecule has 0 saturated heterocycles. The van der Waals surface area contributed by atoms with Gasteiger partial charge < -0.3 is 10.1 Å². The topological polar surface area (TPSA) is 75.7 Å². The van der Waals surface area contributed by atoms with Crippen molar-refractivity contribution in [2.24, 2.45) is 0 Å². The summed E-state index contributed by atoms with van der Waals surface area (Å²) >= 11 is 12.2. The minimum absolute atomic E-state index is 0.0492. The Morgan fingerprint density at radius 2 is 1.50 bits per heavy atom. The molecule has 172 valence electrons. The number of anilines is 2. The fourth-order valence-electron chi connectivity index (χ4n) is 3.65. The molecule has 4 rings (SSSR count). The van der Waals surface area contributed by atoms with Crippen molar-refractivity contribution >= 4 is 52.4 Å². The number of amides is 2. The Morgan fingerprint density at radius 3 is 2.12 bits per heavy atom. The van der Waals surface area contributed by atoms with Gasteiger partial charge in [0.2, 0.25) is 0 Å². The van der Waals surface area contributed by atoms with Crippen molar-refractivity contribution in [3.8, 4) is 5.75 Å². The number of nitrogens with one attached hydrogen (secondary N) is 1. The molecule has 6 nitrogen and oxygen atoms in total. The van der Waals surface area contributed by atoms with E-state index in [0.717, 1.165) is 16.0 Å². The van der Waals surface area contributed by atoms with Gasteiger partial charge in [0.1, 0.15) is 16.5 Å². The van der Waals surface area contributed by atoms with Crippen molar-refractivity contribution in [2.45, 2.75) is 20.8 Å². The first-order valence-corrected chi connectivity index (χ1v) is 11.1. The van der Waals surface area contributed by atoms with E-state index in [-0.39, 0.29) is 10.7 Å². The van der Waals surface area contributed by atoms with Gasteiger partial charge in [-0.05, 0) is 79.9 Å². The molecule has 3 aromatic rings. The van der Waals surface area contributed by atoms with Crippen LogP contribution in [0.2, 0.25) is 5.02 Å². The number of aryl methyl sites for hydroxylation is 3. The van der Waals surface area contributed by atoms with Gasteiger partial charge in [-0.25, -0.2) is 9.69 Å². The second-order valence-corrected chi connectivity index (χ2v) is 8.69. The zero-order chi connectivity index (χ0) is 24.6. The Kier molecular flexibility index (Phi) is 6.46. The number of esters is 1. The second kappa shape index (κ2) is 9.33. The van der Waals surface area contributed by atoms with Crippen LogP contribution >= 0.6 is 23.2 Å². The first-order valence-electron chi connectivity index (χ1n) is 10.4. The largest absolute Gasteiger partial charge is 0.422 e. The zero-order valence-corrected chi connectivity index (χ0v) is 20.1. The fraction of sp³-hybridized carbons (Fsp3) is 0.115. The summed E-state index contributed by atoms with van der Waals surface area (Å²) in [5, 5.41) is 3.16. The number of hydrogen-bond donors (Lipinski definition) is 1. The molecule has 1 heterocycles. The number of benzene rings is 3. The molecule has 0 bridgehead atoms. The molecular formula is C26H20Cl2N2O4. The minimum atomic E-state index is -0.631. The summed E-state index contributed by atoms with van der Waals surface area (Å²) in [5.74, 6) is -1.19. The normalized spacial score (nSPS) is 13.5. The summed E-state index contributed by atoms with van der Waals surface area (Å²) in [4.78, 5) is 39.3. The molecule has 34 heavy (non-hydrogen) atoms. The predicted molar refractivity (Wildman–Crippen MR) is 133 cm³/mol. The number of nitrogens with zero attached hydrogens (tertiary/aromatic N) is 1. The maximum absolute atomic E-state index is 13.0. The maximum atomic E-state index is 13.0. The Balaban J connectivity index is 1.51. The Hall–Kier alpha value is -3.61. The lowest BCUT2D eigenvalue weighted by atomic mass is 10.1. The van der Waals surface area contributed by atoms with E-state index in [1.165, 1.54) is 0 Å². The fourth-order valence-corrected chi connectivity index (χ4v) is 4.08. The van der Waals surface area contributed by atoms with Gasteiger partial charge in [0.15, 0.2) is 0 Å². The van der Waals surface area contributed by atoms with E-state index in [4.69, 9.17) is 27.9 Å². The van der Waals surface area contributed by atoms with E-state index >= 15 is 0 Å². The van der Waals surface area contributed by atoms with Crippen molar-refractivity contribution in [1.29, 1.82) is 0 Å². The molecule has 0 aliphatic carbocycles. The first kappa shape index (κ1) is 23.5. The Bertz CT molecular complexity index is 1340. The minimum Gasteiger partial charge on any atom is -0.422 e. The Labute approximate surface area is 206 Å². The summed E-state index contributed by atoms with van der Waals surface area (Å²) in [7, 11) is 0. The summed E-state index contributed by atoms with van der Waals surface area (Å²) in [6.45, 7) is 5.49. The number of rotatable bonds is 5. The molecule has 0 saturated carbocycles. The molecule has 0 aromatic heterocycles. The van der Waals surface area contributed by atoms with Crippen molar-refractivity contribution < 1.29 is 19.1 Å². The van der Waals surface area contributed by atoms with Gasteiger partial charge in [-0.15, -0.1) is 0 Å². The highest BCUT2D eigenvalue weighted by Crippen LogP contribution is 2.33. The van der Waals surface area contributed by atoms with Crippen LogP contribution < -0.4 is 15.0 Å². The average Bonchev–Trinajstić information content (AvgIpc) is 3.00. The summed E-state index contributed by atoms with van der Waals surface area (Å²) < 4.78 is 5.56. The highest BCUT2D eigenvalue weighted by Gasteiger charge is 2.39. The van der Waals surface area contributed by atoms with Crippen LogP contribution in [0, 0.1) is 20.8 Å². The number of para-hydroxylation sites is 1. The molecule has 0 radical (unpaired) electrons. The SMILES string of the molecule is Cc1cc(Cl)ccc1N1C(=O)C(Cl)=C(Nc2ccc(C(=O)Oc3c(C)cccc3C)cc2)C1=O. The smallest absolute Gasteiger partial charge is 0.343 e. The molecular weight excluding hydrogens is 475 g/mol. The maximum Gasteiger partial charge on any atom is 0.343 e. The summed E-state index contributed by atoms with van der Waals surface area (Å²) in [5.41, 5.74) is 3.54. The lowest BCUT2D eigenvalue weighted by Crippen LogP contribution is -2.32. The van der Waals surface area contributed by atoms with Crippen LogP contribution in [0.5, 0.6) is 5.75 Å². The highest BCUT2D eigenvalue weighted by molar-refractivity contribution is 6.53. The van der Waals surface area contributed by atoms with Crippen molar-refractivity contribution in [3.63, 3.8) is 0 Å². The Morgan fingerprint density at radius 1 is 0.853 bits per heavy atom. The zero-order valence-electron chi connectivity index (χ0n) is 18.6. The van der Waals surface area contributed by atoms with Gasteiger partial charge in [0, 0.05) is 10.7 Å². The van der Waals surface area contributed by atoms with Crippen molar-refractivity contribution in [2.75, 3.05) is 10.2 Å². The van der Waals surface area contributed by atoms with E-state index in [9.17, 15) is 14.4 Å². The third kappa shape index (κ3) is 4.42. The van der Waals surface area contributed by atoms with Crippen LogP contribution in [-0.2, 0) is 9.59 Å². The quantitative estimate of drug-likeness (QED) is 0.270. The van der Waals surface area contributed by atoms with Gasteiger partial charge in [-0.3, -0.25) is 9.59 Å². The summed E-state index contributed by atoms with van der Waals surface area (Å²) in [6, 6.07) is 16.8. The van der Waals surface area contributed by atoms with E-state index in [1.54, 1.807) is 49.4 Å². The van der Waals surface area contributed by atoms with Gasteiger partial charge in [0.25, 0.3) is 11.8 Å². The highest BCUT2D eigenvalue weighted by atomic mass is 35.5. The molecule has 0 spiro atoms. The van der Waals surface area contributed by atoms with Crippen LogP contribution in [-0.4, -0.2) is 17.8 Å². The third-order valence-electron chi connectivity index (χ3n) is 5.42. The molecule has 1 aliphatic heterocycles. The molecule has 3 aromatic carbocycles. The van der Waals surface area contributed by atoms with Crippen molar-refractivity contribution in [1.82, 2.24) is 0 Å². The molecule has 8 heteroatoms. The van der Waals surface area contributed by atoms with Crippen LogP contribution in [0.1, 0.15) is 27.0 Å². The first-order chi connectivity index (χ1) is 16.2. The second-order valence-electron chi connectivity index (χ2n) is 7.88. The molecule has 1 aliphatic rings. The monoisotopic (exact) mass is 494 g/mol. The van der Waals surface area contributed by atoms with E-state index < -0.39 is 17.8 Å². The molecule has 0 unspecified atom stereocenters. The standard InChI is InChI=1S/C26H20Cl2N2O4/c1-14-5-4-6-15(2)23(14)34-26(33)17-7-10-19(11-8-17)29-22-21(28)24(31)30(25(22)32)20-12-9-18(27)13-16(20)3/h4-13,29H,1-3H3. The third-order valence-corrected chi connectivity index (χ3v) is 6.01. The van der Waals surface area contributed by atoms with Crippen LogP contribution in [0.3, 0.4) is 0 Å². The van der Waals surface area contributed by atoms with E-state index in [0.29, 0.717) is 33.3 Å². The number of carbonyl (C=O) groups excluding carboxylic acids is 3. The van der Waals surface area contributed by atoms with Crippen molar-refractivity contribution in [3.05, 3.63) is 98.7 Å². The van der Waals surface area contributed by atoms with Gasteiger partial charge in [-0.1, -0.05) is 41.4 Å². The number of carbonyl (C=O) groups is 3. The van der Waals surface area contributed by atoms with Crippen LogP contribution in [0.25, 0.3) is 0 Å². The lowest BCUT2D eigenvalue weighted by Gasteiger charge is -2.17. The average molecular weight is 495 g/mol. The molecule has 1 N–H and O–H groups in total. The van der Waals surface area contributed by atoms with E-state index in [1.807, 2.05) is 32.0 Å². The van der Waals surface area contributed by atoms with Gasteiger partial charge in [-0.2, -0.15) is 0 Å². The predicted octanol–water partition coefficient (Wildman–Crippen LogP) is 5.92. The number of ether oxygens (including phenoxy) is 1. The summed E-state index contributed by atoms with van der Waals surface area (Å²) in [6.07, 6.45) is 0. The van der Waals surface area contributed by atoms with E-state index in [2.05, 4.69) is 5.32 Å². The number of hydrogen-bond acceptors (Lipinski definition) is 5.